The molecule has 4 aliphatic carbocycles. The Balaban J connectivity index is 1.29. The summed E-state index contributed by atoms with van der Waals surface area (Å²) in [5.41, 5.74) is 1.29. The normalized spacial score (nSPS) is 41.9. The van der Waals surface area contributed by atoms with Crippen molar-refractivity contribution in [3.63, 3.8) is 0 Å². The van der Waals surface area contributed by atoms with Crippen molar-refractivity contribution in [2.45, 2.75) is 90.8 Å². The molecular formula is C31H46O3. The molecule has 0 aliphatic heterocycles. The quantitative estimate of drug-likeness (QED) is 0.403. The van der Waals surface area contributed by atoms with Gasteiger partial charge in [-0.1, -0.05) is 51.1 Å². The van der Waals surface area contributed by atoms with Gasteiger partial charge < -0.3 is 14.3 Å². The summed E-state index contributed by atoms with van der Waals surface area (Å²) in [6.45, 7) is 8.31. The molecule has 0 radical (unpaired) electrons. The van der Waals surface area contributed by atoms with Gasteiger partial charge in [0, 0.05) is 12.5 Å². The number of hydrogen-bond acceptors (Lipinski definition) is 3. The van der Waals surface area contributed by atoms with Gasteiger partial charge in [-0.15, -0.1) is 0 Å². The molecule has 1 aromatic carbocycles. The lowest BCUT2D eigenvalue weighted by Crippen LogP contribution is -2.53. The van der Waals surface area contributed by atoms with Gasteiger partial charge in [-0.2, -0.15) is 0 Å². The van der Waals surface area contributed by atoms with E-state index >= 15 is 0 Å². The van der Waals surface area contributed by atoms with Crippen LogP contribution in [0.5, 0.6) is 0 Å². The lowest BCUT2D eigenvalue weighted by molar-refractivity contribution is -0.160. The van der Waals surface area contributed by atoms with Gasteiger partial charge in [0.2, 0.25) is 0 Å². The highest BCUT2D eigenvalue weighted by Gasteiger charge is 2.60. The Morgan fingerprint density at radius 1 is 0.971 bits per heavy atom. The van der Waals surface area contributed by atoms with Crippen molar-refractivity contribution in [2.75, 3.05) is 13.7 Å². The van der Waals surface area contributed by atoms with Crippen LogP contribution in [-0.4, -0.2) is 25.6 Å². The number of fused-ring (bicyclic) bond motifs is 5. The Morgan fingerprint density at radius 2 is 1.74 bits per heavy atom. The van der Waals surface area contributed by atoms with Crippen LogP contribution in [0, 0.1) is 46.3 Å². The SMILES string of the molecule is COC[C@@]1(OCc2ccccc2)CC[C@H]2[C@H](CC[C@@H]3[C@@H]2CC[C@]2(C)[C@@H](C(C)(C)C=O)CC[C@@H]32)C1. The largest absolute Gasteiger partial charge is 0.382 e. The number of rotatable bonds is 7. The highest BCUT2D eigenvalue weighted by atomic mass is 16.5. The summed E-state index contributed by atoms with van der Waals surface area (Å²) in [4.78, 5) is 11.9. The molecular weight excluding hydrogens is 420 g/mol. The van der Waals surface area contributed by atoms with Gasteiger partial charge in [0.05, 0.1) is 18.8 Å². The maximum atomic E-state index is 11.9. The number of ether oxygens (including phenoxy) is 2. The van der Waals surface area contributed by atoms with Crippen LogP contribution < -0.4 is 0 Å². The topological polar surface area (TPSA) is 35.5 Å². The van der Waals surface area contributed by atoms with Crippen LogP contribution in [-0.2, 0) is 20.9 Å². The standard InChI is InChI=1S/C31H46O3/c1-29(2,20-32)28-13-12-27-26-11-10-23-18-31(21-33-4,34-19-22-8-6-5-7-9-22)17-15-24(23)25(26)14-16-30(27,28)3/h5-9,20,23-28H,10-19,21H2,1-4H3/t23-,24+,25-,26-,27+,28-,30+,31-/m1/s1. The zero-order chi connectivity index (χ0) is 24.0. The van der Waals surface area contributed by atoms with E-state index in [1.165, 1.54) is 56.8 Å². The molecule has 4 fully saturated rings. The minimum atomic E-state index is -0.186. The molecule has 5 rings (SSSR count). The van der Waals surface area contributed by atoms with E-state index in [2.05, 4.69) is 51.1 Å². The monoisotopic (exact) mass is 466 g/mol. The first-order valence-corrected chi connectivity index (χ1v) is 13.9. The van der Waals surface area contributed by atoms with Crippen LogP contribution in [0.2, 0.25) is 0 Å². The molecule has 0 bridgehead atoms. The third kappa shape index (κ3) is 4.19. The molecule has 0 amide bonds. The van der Waals surface area contributed by atoms with Crippen LogP contribution in [0.1, 0.15) is 84.1 Å². The van der Waals surface area contributed by atoms with Crippen LogP contribution in [0.25, 0.3) is 0 Å². The zero-order valence-electron chi connectivity index (χ0n) is 21.9. The summed E-state index contributed by atoms with van der Waals surface area (Å²) < 4.78 is 12.4. The Morgan fingerprint density at radius 3 is 2.47 bits per heavy atom. The van der Waals surface area contributed by atoms with Crippen LogP contribution in [0.3, 0.4) is 0 Å². The average molecular weight is 467 g/mol. The molecule has 0 heterocycles. The third-order valence-electron chi connectivity index (χ3n) is 11.1. The summed E-state index contributed by atoms with van der Waals surface area (Å²) in [7, 11) is 1.83. The van der Waals surface area contributed by atoms with E-state index in [1.54, 1.807) is 0 Å². The smallest absolute Gasteiger partial charge is 0.125 e. The van der Waals surface area contributed by atoms with Crippen LogP contribution in [0.4, 0.5) is 0 Å². The first kappa shape index (κ1) is 24.5. The van der Waals surface area contributed by atoms with Crippen molar-refractivity contribution in [3.05, 3.63) is 35.9 Å². The molecule has 8 atom stereocenters. The number of benzene rings is 1. The first-order valence-electron chi connectivity index (χ1n) is 13.9. The molecule has 188 valence electrons. The van der Waals surface area contributed by atoms with Crippen molar-refractivity contribution in [2.24, 2.45) is 46.3 Å². The summed E-state index contributed by atoms with van der Waals surface area (Å²) in [6, 6.07) is 10.6. The number of carbonyl (C=O) groups excluding carboxylic acids is 1. The van der Waals surface area contributed by atoms with Crippen molar-refractivity contribution in [1.29, 1.82) is 0 Å². The third-order valence-corrected chi connectivity index (χ3v) is 11.1. The van der Waals surface area contributed by atoms with Gasteiger partial charge in [-0.25, -0.2) is 0 Å². The molecule has 34 heavy (non-hydrogen) atoms. The fourth-order valence-corrected chi connectivity index (χ4v) is 9.63. The minimum absolute atomic E-state index is 0.131. The molecule has 0 aromatic heterocycles. The van der Waals surface area contributed by atoms with Gasteiger partial charge in [0.15, 0.2) is 0 Å². The maximum Gasteiger partial charge on any atom is 0.125 e. The lowest BCUT2D eigenvalue weighted by Gasteiger charge is -2.58. The second-order valence-corrected chi connectivity index (χ2v) is 13.2. The van der Waals surface area contributed by atoms with E-state index in [0.717, 1.165) is 42.4 Å². The van der Waals surface area contributed by atoms with Gasteiger partial charge in [0.25, 0.3) is 0 Å². The number of aldehydes is 1. The molecule has 0 N–H and O–H groups in total. The number of methoxy groups -OCH3 is 1. The second-order valence-electron chi connectivity index (χ2n) is 13.2. The summed E-state index contributed by atoms with van der Waals surface area (Å²) in [6.07, 6.45) is 12.8. The molecule has 4 saturated carbocycles. The van der Waals surface area contributed by atoms with Gasteiger partial charge in [0.1, 0.15) is 6.29 Å². The lowest BCUT2D eigenvalue weighted by atomic mass is 9.47. The van der Waals surface area contributed by atoms with Crippen molar-refractivity contribution in [1.82, 2.24) is 0 Å². The molecule has 3 heteroatoms. The Hall–Kier alpha value is -1.19. The van der Waals surface area contributed by atoms with Crippen LogP contribution in [0.15, 0.2) is 30.3 Å². The fourth-order valence-electron chi connectivity index (χ4n) is 9.63. The highest BCUT2D eigenvalue weighted by molar-refractivity contribution is 5.59. The summed E-state index contributed by atoms with van der Waals surface area (Å²) in [5, 5.41) is 0. The zero-order valence-corrected chi connectivity index (χ0v) is 21.9. The molecule has 3 nitrogen and oxygen atoms in total. The average Bonchev–Trinajstić information content (AvgIpc) is 3.21. The van der Waals surface area contributed by atoms with Crippen molar-refractivity contribution in [3.8, 4) is 0 Å². The van der Waals surface area contributed by atoms with Gasteiger partial charge in [-0.3, -0.25) is 0 Å². The second kappa shape index (κ2) is 9.36. The van der Waals surface area contributed by atoms with E-state index in [0.29, 0.717) is 24.5 Å². The van der Waals surface area contributed by atoms with Crippen molar-refractivity contribution >= 4 is 6.29 Å². The number of carbonyl (C=O) groups is 1. The van der Waals surface area contributed by atoms with E-state index in [-0.39, 0.29) is 11.0 Å². The predicted octanol–water partition coefficient (Wildman–Crippen LogP) is 7.08. The number of hydrogen-bond donors (Lipinski definition) is 0. The molecule has 0 spiro atoms. The minimum Gasteiger partial charge on any atom is -0.382 e. The van der Waals surface area contributed by atoms with Gasteiger partial charge in [-0.05, 0) is 104 Å². The van der Waals surface area contributed by atoms with E-state index in [9.17, 15) is 4.79 Å². The molecule has 0 unspecified atom stereocenters. The molecule has 0 saturated heterocycles. The van der Waals surface area contributed by atoms with E-state index < -0.39 is 0 Å². The van der Waals surface area contributed by atoms with Gasteiger partial charge >= 0.3 is 0 Å². The Kier molecular flexibility index (Phi) is 6.74. The molecule has 1 aromatic rings. The molecule has 4 aliphatic rings. The predicted molar refractivity (Wildman–Crippen MR) is 136 cm³/mol. The van der Waals surface area contributed by atoms with Crippen molar-refractivity contribution < 1.29 is 14.3 Å². The summed E-state index contributed by atoms with van der Waals surface area (Å²) >= 11 is 0. The fraction of sp³-hybridized carbons (Fsp3) is 0.774. The maximum absolute atomic E-state index is 11.9. The van der Waals surface area contributed by atoms with E-state index in [1.807, 2.05) is 7.11 Å². The van der Waals surface area contributed by atoms with E-state index in [4.69, 9.17) is 9.47 Å². The summed E-state index contributed by atoms with van der Waals surface area (Å²) in [5.74, 6) is 4.74. The van der Waals surface area contributed by atoms with Crippen LogP contribution >= 0.6 is 0 Å². The first-order chi connectivity index (χ1) is 16.3. The Labute approximate surface area is 207 Å². The highest BCUT2D eigenvalue weighted by Crippen LogP contribution is 2.67. The Bertz CT molecular complexity index is 849.